The average Bonchev–Trinajstić information content (AvgIpc) is 2.47. The number of rotatable bonds is 9. The van der Waals surface area contributed by atoms with E-state index in [2.05, 4.69) is 5.32 Å². The van der Waals surface area contributed by atoms with Crippen LogP contribution in [0.15, 0.2) is 18.2 Å². The lowest BCUT2D eigenvalue weighted by Gasteiger charge is -2.17. The fourth-order valence-corrected chi connectivity index (χ4v) is 1.93. The lowest BCUT2D eigenvalue weighted by molar-refractivity contribution is -0.122. The normalized spacial score (nSPS) is 11.8. The molecule has 1 rings (SSSR count). The third-order valence-electron chi connectivity index (χ3n) is 2.98. The first-order chi connectivity index (χ1) is 10.1. The monoisotopic (exact) mass is 295 g/mol. The van der Waals surface area contributed by atoms with Crippen LogP contribution < -0.4 is 14.8 Å². The number of benzene rings is 1. The second kappa shape index (κ2) is 9.23. The molecule has 21 heavy (non-hydrogen) atoms. The van der Waals surface area contributed by atoms with Gasteiger partial charge in [0.05, 0.1) is 25.9 Å². The second-order valence-corrected chi connectivity index (χ2v) is 4.60. The Balaban J connectivity index is 2.77. The van der Waals surface area contributed by atoms with E-state index in [1.807, 2.05) is 39.0 Å². The van der Waals surface area contributed by atoms with Crippen LogP contribution in [0.2, 0.25) is 0 Å². The zero-order valence-corrected chi connectivity index (χ0v) is 13.3. The fraction of sp³-hybridized carbons (Fsp3) is 0.562. The summed E-state index contributed by atoms with van der Waals surface area (Å²) in [6.07, 6.45) is 0.357. The number of ether oxygens (including phenoxy) is 3. The van der Waals surface area contributed by atoms with Crippen molar-refractivity contribution >= 4 is 5.91 Å². The SMILES string of the molecule is CCOc1ccc(C(C)NC(=O)CCOC)cc1OCC. The quantitative estimate of drug-likeness (QED) is 0.761. The molecule has 0 saturated carbocycles. The van der Waals surface area contributed by atoms with E-state index in [9.17, 15) is 4.79 Å². The molecule has 5 heteroatoms. The summed E-state index contributed by atoms with van der Waals surface area (Å²) < 4.78 is 16.0. The molecule has 5 nitrogen and oxygen atoms in total. The predicted molar refractivity (Wildman–Crippen MR) is 81.8 cm³/mol. The Morgan fingerprint density at radius 2 is 1.86 bits per heavy atom. The summed E-state index contributed by atoms with van der Waals surface area (Å²) in [5.74, 6) is 1.40. The molecule has 118 valence electrons. The highest BCUT2D eigenvalue weighted by Crippen LogP contribution is 2.30. The standard InChI is InChI=1S/C16H25NO4/c1-5-20-14-8-7-13(11-15(14)21-6-2)12(3)17-16(18)9-10-19-4/h7-8,11-12H,5-6,9-10H2,1-4H3,(H,17,18). The number of methoxy groups -OCH3 is 1. The Bertz CT molecular complexity index is 448. The van der Waals surface area contributed by atoms with Crippen LogP contribution in [0.5, 0.6) is 11.5 Å². The summed E-state index contributed by atoms with van der Waals surface area (Å²) in [6.45, 7) is 7.38. The molecule has 1 atom stereocenters. The minimum atomic E-state index is -0.0933. The van der Waals surface area contributed by atoms with Gasteiger partial charge in [-0.05, 0) is 38.5 Å². The maximum Gasteiger partial charge on any atom is 0.222 e. The van der Waals surface area contributed by atoms with Crippen molar-refractivity contribution in [3.05, 3.63) is 23.8 Å². The largest absolute Gasteiger partial charge is 0.490 e. The Hall–Kier alpha value is -1.75. The van der Waals surface area contributed by atoms with Gasteiger partial charge in [-0.15, -0.1) is 0 Å². The molecule has 0 aliphatic heterocycles. The van der Waals surface area contributed by atoms with Gasteiger partial charge in [0, 0.05) is 13.5 Å². The summed E-state index contributed by atoms with van der Waals surface area (Å²) in [4.78, 5) is 11.7. The Kier molecular flexibility index (Phi) is 7.61. The maximum absolute atomic E-state index is 11.7. The topological polar surface area (TPSA) is 56.8 Å². The van der Waals surface area contributed by atoms with Crippen molar-refractivity contribution in [1.82, 2.24) is 5.32 Å². The van der Waals surface area contributed by atoms with E-state index in [0.29, 0.717) is 32.0 Å². The Morgan fingerprint density at radius 1 is 1.19 bits per heavy atom. The third-order valence-corrected chi connectivity index (χ3v) is 2.98. The number of nitrogens with one attached hydrogen (secondary N) is 1. The van der Waals surface area contributed by atoms with E-state index in [0.717, 1.165) is 11.3 Å². The molecule has 0 aliphatic carbocycles. The number of carbonyl (C=O) groups excluding carboxylic acids is 1. The van der Waals surface area contributed by atoms with Crippen LogP contribution >= 0.6 is 0 Å². The molecule has 0 radical (unpaired) electrons. The third kappa shape index (κ3) is 5.63. The van der Waals surface area contributed by atoms with E-state index in [4.69, 9.17) is 14.2 Å². The number of carbonyl (C=O) groups is 1. The highest BCUT2D eigenvalue weighted by molar-refractivity contribution is 5.76. The first-order valence-corrected chi connectivity index (χ1v) is 7.30. The number of hydrogen-bond acceptors (Lipinski definition) is 4. The molecular weight excluding hydrogens is 270 g/mol. The van der Waals surface area contributed by atoms with Crippen molar-refractivity contribution in [2.75, 3.05) is 26.9 Å². The molecule has 0 bridgehead atoms. The first kappa shape index (κ1) is 17.3. The lowest BCUT2D eigenvalue weighted by Crippen LogP contribution is -2.27. The zero-order valence-electron chi connectivity index (χ0n) is 13.3. The Morgan fingerprint density at radius 3 is 2.48 bits per heavy atom. The van der Waals surface area contributed by atoms with Gasteiger partial charge in [0.25, 0.3) is 0 Å². The molecular formula is C16H25NO4. The van der Waals surface area contributed by atoms with Gasteiger partial charge in [-0.1, -0.05) is 6.07 Å². The molecule has 1 aromatic rings. The van der Waals surface area contributed by atoms with E-state index in [1.165, 1.54) is 0 Å². The smallest absolute Gasteiger partial charge is 0.222 e. The van der Waals surface area contributed by atoms with Gasteiger partial charge in [-0.2, -0.15) is 0 Å². The van der Waals surface area contributed by atoms with Gasteiger partial charge >= 0.3 is 0 Å². The van der Waals surface area contributed by atoms with Gasteiger partial charge in [-0.25, -0.2) is 0 Å². The van der Waals surface area contributed by atoms with Crippen molar-refractivity contribution in [3.8, 4) is 11.5 Å². The van der Waals surface area contributed by atoms with Crippen LogP contribution in [0.1, 0.15) is 38.8 Å². The summed E-state index contributed by atoms with van der Waals surface area (Å²) >= 11 is 0. The summed E-state index contributed by atoms with van der Waals surface area (Å²) in [7, 11) is 1.58. The maximum atomic E-state index is 11.7. The number of amides is 1. The van der Waals surface area contributed by atoms with Gasteiger partial charge in [-0.3, -0.25) is 4.79 Å². The molecule has 1 amide bonds. The van der Waals surface area contributed by atoms with Crippen molar-refractivity contribution in [2.24, 2.45) is 0 Å². The van der Waals surface area contributed by atoms with Crippen molar-refractivity contribution in [2.45, 2.75) is 33.2 Å². The zero-order chi connectivity index (χ0) is 15.7. The minimum Gasteiger partial charge on any atom is -0.490 e. The molecule has 0 saturated heterocycles. The summed E-state index contributed by atoms with van der Waals surface area (Å²) in [6, 6.07) is 5.64. The van der Waals surface area contributed by atoms with Crippen molar-refractivity contribution in [1.29, 1.82) is 0 Å². The van der Waals surface area contributed by atoms with Crippen LogP contribution in [-0.4, -0.2) is 32.8 Å². The molecule has 0 aliphatic rings. The highest BCUT2D eigenvalue weighted by Gasteiger charge is 2.13. The van der Waals surface area contributed by atoms with Gasteiger partial charge < -0.3 is 19.5 Å². The second-order valence-electron chi connectivity index (χ2n) is 4.60. The predicted octanol–water partition coefficient (Wildman–Crippen LogP) is 2.70. The van der Waals surface area contributed by atoms with Crippen molar-refractivity contribution in [3.63, 3.8) is 0 Å². The van der Waals surface area contributed by atoms with Crippen LogP contribution in [-0.2, 0) is 9.53 Å². The van der Waals surface area contributed by atoms with Crippen LogP contribution in [0, 0.1) is 0 Å². The van der Waals surface area contributed by atoms with Gasteiger partial charge in [0.2, 0.25) is 5.91 Å². The van der Waals surface area contributed by atoms with Crippen LogP contribution in [0.25, 0.3) is 0 Å². The Labute approximate surface area is 126 Å². The average molecular weight is 295 g/mol. The lowest BCUT2D eigenvalue weighted by atomic mass is 10.1. The summed E-state index contributed by atoms with van der Waals surface area (Å²) in [5.41, 5.74) is 0.979. The molecule has 0 fully saturated rings. The fourth-order valence-electron chi connectivity index (χ4n) is 1.93. The van der Waals surface area contributed by atoms with Crippen molar-refractivity contribution < 1.29 is 19.0 Å². The first-order valence-electron chi connectivity index (χ1n) is 7.30. The molecule has 1 N–H and O–H groups in total. The van der Waals surface area contributed by atoms with Gasteiger partial charge in [0.1, 0.15) is 0 Å². The van der Waals surface area contributed by atoms with E-state index in [1.54, 1.807) is 7.11 Å². The van der Waals surface area contributed by atoms with E-state index in [-0.39, 0.29) is 11.9 Å². The van der Waals surface area contributed by atoms with E-state index < -0.39 is 0 Å². The minimum absolute atomic E-state index is 0.0313. The molecule has 0 aromatic heterocycles. The van der Waals surface area contributed by atoms with Gasteiger partial charge in [0.15, 0.2) is 11.5 Å². The molecule has 1 unspecified atom stereocenters. The van der Waals surface area contributed by atoms with Crippen LogP contribution in [0.3, 0.4) is 0 Å². The summed E-state index contributed by atoms with van der Waals surface area (Å²) in [5, 5.41) is 2.94. The number of hydrogen-bond donors (Lipinski definition) is 1. The highest BCUT2D eigenvalue weighted by atomic mass is 16.5. The van der Waals surface area contributed by atoms with E-state index >= 15 is 0 Å². The molecule has 0 heterocycles. The van der Waals surface area contributed by atoms with Crippen LogP contribution in [0.4, 0.5) is 0 Å². The molecule has 1 aromatic carbocycles. The molecule has 0 spiro atoms.